The second kappa shape index (κ2) is 5.80. The van der Waals surface area contributed by atoms with E-state index < -0.39 is 0 Å². The molecule has 0 spiro atoms. The maximum absolute atomic E-state index is 12.5. The number of carbonyl (C=O) groups excluding carboxylic acids is 1. The van der Waals surface area contributed by atoms with Gasteiger partial charge in [0.05, 0.1) is 6.04 Å². The van der Waals surface area contributed by atoms with Gasteiger partial charge in [-0.15, -0.1) is 0 Å². The zero-order valence-electron chi connectivity index (χ0n) is 12.7. The van der Waals surface area contributed by atoms with Gasteiger partial charge in [0.25, 0.3) is 0 Å². The molecule has 2 rings (SSSR count). The Labute approximate surface area is 117 Å². The van der Waals surface area contributed by atoms with Gasteiger partial charge in [-0.05, 0) is 44.2 Å². The summed E-state index contributed by atoms with van der Waals surface area (Å²) < 4.78 is 0. The molecule has 2 aliphatic heterocycles. The van der Waals surface area contributed by atoms with Crippen LogP contribution in [0, 0.1) is 5.41 Å². The van der Waals surface area contributed by atoms with Crippen LogP contribution in [0.3, 0.4) is 0 Å². The fourth-order valence-electron chi connectivity index (χ4n) is 3.13. The van der Waals surface area contributed by atoms with E-state index in [-0.39, 0.29) is 17.4 Å². The molecule has 110 valence electrons. The molecule has 4 heteroatoms. The number of nitrogens with zero attached hydrogens (tertiary/aromatic N) is 2. The second-order valence-corrected chi connectivity index (χ2v) is 7.17. The number of nitrogens with two attached hydrogens (primary N) is 1. The molecule has 0 saturated carbocycles. The van der Waals surface area contributed by atoms with Gasteiger partial charge in [0, 0.05) is 19.1 Å². The largest absolute Gasteiger partial charge is 0.340 e. The van der Waals surface area contributed by atoms with Crippen molar-refractivity contribution in [1.29, 1.82) is 0 Å². The first kappa shape index (κ1) is 14.8. The highest BCUT2D eigenvalue weighted by atomic mass is 16.2. The van der Waals surface area contributed by atoms with Crippen LogP contribution in [0.5, 0.6) is 0 Å². The average molecular weight is 267 g/mol. The molecule has 2 fully saturated rings. The van der Waals surface area contributed by atoms with Gasteiger partial charge in [0.2, 0.25) is 5.91 Å². The summed E-state index contributed by atoms with van der Waals surface area (Å²) >= 11 is 0. The fraction of sp³-hybridized carbons (Fsp3) is 0.933. The number of amides is 1. The molecule has 2 heterocycles. The molecule has 2 atom stereocenters. The van der Waals surface area contributed by atoms with Gasteiger partial charge in [-0.3, -0.25) is 9.69 Å². The van der Waals surface area contributed by atoms with E-state index in [1.807, 2.05) is 25.7 Å². The molecule has 2 saturated heterocycles. The minimum Gasteiger partial charge on any atom is -0.340 e. The van der Waals surface area contributed by atoms with E-state index in [2.05, 4.69) is 4.90 Å². The molecule has 2 aliphatic rings. The van der Waals surface area contributed by atoms with Gasteiger partial charge in [0.1, 0.15) is 0 Å². The average Bonchev–Trinajstić information content (AvgIpc) is 2.90. The van der Waals surface area contributed by atoms with Crippen molar-refractivity contribution < 1.29 is 4.79 Å². The Morgan fingerprint density at radius 3 is 2.37 bits per heavy atom. The zero-order chi connectivity index (χ0) is 14.0. The number of piperidine rings is 1. The van der Waals surface area contributed by atoms with E-state index >= 15 is 0 Å². The van der Waals surface area contributed by atoms with E-state index in [1.54, 1.807) is 0 Å². The topological polar surface area (TPSA) is 49.6 Å². The van der Waals surface area contributed by atoms with Crippen molar-refractivity contribution >= 4 is 5.91 Å². The molecular formula is C15H29N3O. The molecule has 0 aromatic rings. The minimum absolute atomic E-state index is 0.136. The molecular weight excluding hydrogens is 238 g/mol. The summed E-state index contributed by atoms with van der Waals surface area (Å²) in [5.41, 5.74) is 5.96. The summed E-state index contributed by atoms with van der Waals surface area (Å²) in [5, 5.41) is 0. The van der Waals surface area contributed by atoms with Crippen molar-refractivity contribution in [3.8, 4) is 0 Å². The lowest BCUT2D eigenvalue weighted by Crippen LogP contribution is -2.56. The molecule has 2 N–H and O–H groups in total. The summed E-state index contributed by atoms with van der Waals surface area (Å²) in [6, 6.07) is 0.178. The first-order valence-electron chi connectivity index (χ1n) is 7.68. The van der Waals surface area contributed by atoms with E-state index in [0.29, 0.717) is 6.04 Å². The third-order valence-electron chi connectivity index (χ3n) is 4.56. The molecule has 0 aliphatic carbocycles. The standard InChI is InChI=1S/C15H29N3O/c1-15(2,3)13(16)14(19)18-10-6-7-12(11-18)17-8-4-5-9-17/h12-13H,4-11,16H2,1-3H3/t12?,13-/m1/s1. The Bertz CT molecular complexity index is 318. The number of hydrogen-bond acceptors (Lipinski definition) is 3. The molecule has 19 heavy (non-hydrogen) atoms. The molecule has 1 unspecified atom stereocenters. The SMILES string of the molecule is CC(C)(C)[C@H](N)C(=O)N1CCCC(N2CCCC2)C1. The number of likely N-dealkylation sites (tertiary alicyclic amines) is 2. The van der Waals surface area contributed by atoms with Gasteiger partial charge < -0.3 is 10.6 Å². The van der Waals surface area contributed by atoms with Crippen molar-refractivity contribution in [2.24, 2.45) is 11.1 Å². The first-order chi connectivity index (χ1) is 8.89. The summed E-state index contributed by atoms with van der Waals surface area (Å²) in [4.78, 5) is 17.0. The summed E-state index contributed by atoms with van der Waals surface area (Å²) in [7, 11) is 0. The number of carbonyl (C=O) groups is 1. The number of hydrogen-bond donors (Lipinski definition) is 1. The number of rotatable bonds is 2. The Morgan fingerprint density at radius 2 is 1.79 bits per heavy atom. The Hall–Kier alpha value is -0.610. The zero-order valence-corrected chi connectivity index (χ0v) is 12.7. The Balaban J connectivity index is 1.95. The van der Waals surface area contributed by atoms with E-state index in [9.17, 15) is 4.79 Å². The van der Waals surface area contributed by atoms with Gasteiger partial charge in [0.15, 0.2) is 0 Å². The van der Waals surface area contributed by atoms with E-state index in [0.717, 1.165) is 19.5 Å². The van der Waals surface area contributed by atoms with Crippen LogP contribution in [0.25, 0.3) is 0 Å². The summed E-state index contributed by atoms with van der Waals surface area (Å²) in [6.07, 6.45) is 4.97. The monoisotopic (exact) mass is 267 g/mol. The van der Waals surface area contributed by atoms with Crippen LogP contribution in [-0.4, -0.2) is 54.0 Å². The Morgan fingerprint density at radius 1 is 1.16 bits per heavy atom. The molecule has 4 nitrogen and oxygen atoms in total. The third kappa shape index (κ3) is 3.48. The van der Waals surface area contributed by atoms with Crippen LogP contribution in [0.2, 0.25) is 0 Å². The van der Waals surface area contributed by atoms with Crippen LogP contribution in [0.15, 0.2) is 0 Å². The van der Waals surface area contributed by atoms with Crippen LogP contribution in [-0.2, 0) is 4.79 Å². The first-order valence-corrected chi connectivity index (χ1v) is 7.68. The summed E-state index contributed by atoms with van der Waals surface area (Å²) in [5.74, 6) is 0.136. The van der Waals surface area contributed by atoms with Gasteiger partial charge in [-0.2, -0.15) is 0 Å². The maximum atomic E-state index is 12.5. The van der Waals surface area contributed by atoms with Crippen molar-refractivity contribution in [3.63, 3.8) is 0 Å². The highest BCUT2D eigenvalue weighted by molar-refractivity contribution is 5.82. The second-order valence-electron chi connectivity index (χ2n) is 7.17. The smallest absolute Gasteiger partial charge is 0.240 e. The van der Waals surface area contributed by atoms with Crippen LogP contribution in [0.4, 0.5) is 0 Å². The van der Waals surface area contributed by atoms with Gasteiger partial charge in [-0.1, -0.05) is 20.8 Å². The molecule has 0 aromatic heterocycles. The van der Waals surface area contributed by atoms with Crippen molar-refractivity contribution in [1.82, 2.24) is 9.80 Å². The highest BCUT2D eigenvalue weighted by Crippen LogP contribution is 2.24. The van der Waals surface area contributed by atoms with Crippen LogP contribution in [0.1, 0.15) is 46.5 Å². The highest BCUT2D eigenvalue weighted by Gasteiger charge is 2.35. The predicted octanol–water partition coefficient (Wildman–Crippen LogP) is 1.45. The van der Waals surface area contributed by atoms with Crippen molar-refractivity contribution in [2.45, 2.75) is 58.5 Å². The quantitative estimate of drug-likeness (QED) is 0.824. The lowest BCUT2D eigenvalue weighted by molar-refractivity contribution is -0.137. The minimum atomic E-state index is -0.384. The van der Waals surface area contributed by atoms with Gasteiger partial charge >= 0.3 is 0 Å². The molecule has 0 radical (unpaired) electrons. The van der Waals surface area contributed by atoms with Crippen molar-refractivity contribution in [3.05, 3.63) is 0 Å². The van der Waals surface area contributed by atoms with Gasteiger partial charge in [-0.25, -0.2) is 0 Å². The molecule has 0 aromatic carbocycles. The fourth-order valence-corrected chi connectivity index (χ4v) is 3.13. The third-order valence-corrected chi connectivity index (χ3v) is 4.56. The van der Waals surface area contributed by atoms with Crippen molar-refractivity contribution in [2.75, 3.05) is 26.2 Å². The van der Waals surface area contributed by atoms with E-state index in [1.165, 1.54) is 32.4 Å². The predicted molar refractivity (Wildman–Crippen MR) is 77.8 cm³/mol. The normalized spacial score (nSPS) is 27.6. The Kier molecular flexibility index (Phi) is 4.51. The lowest BCUT2D eigenvalue weighted by atomic mass is 9.86. The maximum Gasteiger partial charge on any atom is 0.240 e. The van der Waals surface area contributed by atoms with Crippen LogP contribution >= 0.6 is 0 Å². The molecule has 1 amide bonds. The van der Waals surface area contributed by atoms with E-state index in [4.69, 9.17) is 5.73 Å². The lowest BCUT2D eigenvalue weighted by Gasteiger charge is -2.40. The molecule has 0 bridgehead atoms. The summed E-state index contributed by atoms with van der Waals surface area (Å²) in [6.45, 7) is 10.3. The van der Waals surface area contributed by atoms with Crippen LogP contribution < -0.4 is 5.73 Å².